The van der Waals surface area contributed by atoms with Crippen LogP contribution in [-0.2, 0) is 4.74 Å². The third kappa shape index (κ3) is 6.31. The Kier molecular flexibility index (Phi) is 7.00. The molecule has 176 valence electrons. The van der Waals surface area contributed by atoms with Crippen LogP contribution in [0.3, 0.4) is 0 Å². The fourth-order valence-corrected chi connectivity index (χ4v) is 2.91. The summed E-state index contributed by atoms with van der Waals surface area (Å²) in [4.78, 5) is 27.0. The van der Waals surface area contributed by atoms with Gasteiger partial charge in [0.25, 0.3) is 0 Å². The van der Waals surface area contributed by atoms with Gasteiger partial charge in [0, 0.05) is 11.6 Å². The average Bonchev–Trinajstić information content (AvgIpc) is 3.14. The monoisotopic (exact) mass is 460 g/mol. The SMILES string of the molecule is CC(Oc1ccc2ncc(C(=O)O)n2n1)c1cc(F)ccc1OCCNC(=O)OC(C)(C)C. The standard InChI is InChI=1S/C22H25FN4O6/c1-13(32-19-8-7-18-25-12-16(20(28)29)27(18)26-19)15-11-14(23)5-6-17(15)31-10-9-24-21(30)33-22(2,3)4/h5-8,11-13H,9-10H2,1-4H3,(H,24,30)(H,28,29). The highest BCUT2D eigenvalue weighted by atomic mass is 19.1. The molecule has 0 spiro atoms. The summed E-state index contributed by atoms with van der Waals surface area (Å²) in [6.07, 6.45) is -0.0538. The minimum absolute atomic E-state index is 0.115. The Balaban J connectivity index is 1.68. The first-order chi connectivity index (χ1) is 15.5. The van der Waals surface area contributed by atoms with E-state index in [-0.39, 0.29) is 24.7 Å². The number of amides is 1. The van der Waals surface area contributed by atoms with E-state index < -0.39 is 29.6 Å². The summed E-state index contributed by atoms with van der Waals surface area (Å²) < 4.78 is 31.8. The molecule has 0 saturated heterocycles. The molecule has 1 amide bonds. The molecule has 0 aliphatic rings. The summed E-state index contributed by atoms with van der Waals surface area (Å²) in [5.41, 5.74) is 0.0363. The molecule has 10 nitrogen and oxygen atoms in total. The van der Waals surface area contributed by atoms with Gasteiger partial charge in [-0.25, -0.2) is 23.5 Å². The topological polar surface area (TPSA) is 124 Å². The number of rotatable bonds is 8. The first-order valence-corrected chi connectivity index (χ1v) is 10.2. The minimum Gasteiger partial charge on any atom is -0.491 e. The van der Waals surface area contributed by atoms with Crippen molar-refractivity contribution in [2.75, 3.05) is 13.2 Å². The van der Waals surface area contributed by atoms with Gasteiger partial charge in [0.1, 0.15) is 29.9 Å². The number of hydrogen-bond acceptors (Lipinski definition) is 7. The van der Waals surface area contributed by atoms with Gasteiger partial charge in [-0.3, -0.25) is 0 Å². The zero-order valence-electron chi connectivity index (χ0n) is 18.7. The molecule has 0 radical (unpaired) electrons. The number of carboxylic acid groups (broad SMARTS) is 1. The van der Waals surface area contributed by atoms with E-state index in [0.29, 0.717) is 17.0 Å². The molecule has 0 saturated carbocycles. The van der Waals surface area contributed by atoms with Crippen molar-refractivity contribution >= 4 is 17.7 Å². The number of ether oxygens (including phenoxy) is 3. The maximum atomic E-state index is 13.9. The van der Waals surface area contributed by atoms with Gasteiger partial charge in [-0.15, -0.1) is 5.10 Å². The Hall–Kier alpha value is -3.89. The van der Waals surface area contributed by atoms with Crippen molar-refractivity contribution in [3.05, 3.63) is 53.6 Å². The Morgan fingerprint density at radius 2 is 2.00 bits per heavy atom. The van der Waals surface area contributed by atoms with Crippen LogP contribution < -0.4 is 14.8 Å². The van der Waals surface area contributed by atoms with Crippen LogP contribution in [-0.4, -0.2) is 50.5 Å². The second-order valence-electron chi connectivity index (χ2n) is 8.11. The summed E-state index contributed by atoms with van der Waals surface area (Å²) in [5.74, 6) is -1.17. The summed E-state index contributed by atoms with van der Waals surface area (Å²) in [5, 5.41) is 16.0. The highest BCUT2D eigenvalue weighted by Gasteiger charge is 2.18. The first-order valence-electron chi connectivity index (χ1n) is 10.2. The zero-order chi connectivity index (χ0) is 24.2. The van der Waals surface area contributed by atoms with Crippen LogP contribution in [0.1, 0.15) is 49.9 Å². The molecule has 33 heavy (non-hydrogen) atoms. The van der Waals surface area contributed by atoms with Crippen molar-refractivity contribution in [3.8, 4) is 11.6 Å². The molecule has 0 bridgehead atoms. The van der Waals surface area contributed by atoms with Crippen molar-refractivity contribution < 1.29 is 33.3 Å². The van der Waals surface area contributed by atoms with Crippen molar-refractivity contribution in [1.82, 2.24) is 19.9 Å². The van der Waals surface area contributed by atoms with Gasteiger partial charge in [0.05, 0.1) is 12.7 Å². The number of carbonyl (C=O) groups excluding carboxylic acids is 1. The van der Waals surface area contributed by atoms with Crippen molar-refractivity contribution in [2.45, 2.75) is 39.4 Å². The number of carboxylic acids is 1. The number of carbonyl (C=O) groups is 2. The molecule has 3 rings (SSSR count). The highest BCUT2D eigenvalue weighted by Crippen LogP contribution is 2.29. The number of nitrogens with zero attached hydrogens (tertiary/aromatic N) is 3. The number of halogens is 1. The van der Waals surface area contributed by atoms with Gasteiger partial charge in [-0.1, -0.05) is 0 Å². The molecular weight excluding hydrogens is 435 g/mol. The lowest BCUT2D eigenvalue weighted by atomic mass is 10.1. The van der Waals surface area contributed by atoms with E-state index in [1.165, 1.54) is 30.5 Å². The van der Waals surface area contributed by atoms with E-state index in [1.807, 2.05) is 0 Å². The lowest BCUT2D eigenvalue weighted by Gasteiger charge is -2.20. The van der Waals surface area contributed by atoms with Crippen LogP contribution >= 0.6 is 0 Å². The molecule has 11 heteroatoms. The van der Waals surface area contributed by atoms with Gasteiger partial charge in [0.2, 0.25) is 5.88 Å². The van der Waals surface area contributed by atoms with Gasteiger partial charge in [-0.2, -0.15) is 0 Å². The van der Waals surface area contributed by atoms with Crippen LogP contribution in [0.4, 0.5) is 9.18 Å². The number of aromatic nitrogens is 3. The Bertz CT molecular complexity index is 1160. The fourth-order valence-electron chi connectivity index (χ4n) is 2.91. The van der Waals surface area contributed by atoms with Crippen LogP contribution in [0.15, 0.2) is 36.5 Å². The van der Waals surface area contributed by atoms with E-state index in [9.17, 15) is 19.1 Å². The van der Waals surface area contributed by atoms with E-state index in [2.05, 4.69) is 15.4 Å². The predicted molar refractivity (Wildman–Crippen MR) is 115 cm³/mol. The summed E-state index contributed by atoms with van der Waals surface area (Å²) in [7, 11) is 0. The molecule has 2 aromatic heterocycles. The Morgan fingerprint density at radius 1 is 1.24 bits per heavy atom. The van der Waals surface area contributed by atoms with E-state index in [1.54, 1.807) is 33.8 Å². The number of hydrogen-bond donors (Lipinski definition) is 2. The summed E-state index contributed by atoms with van der Waals surface area (Å²) >= 11 is 0. The summed E-state index contributed by atoms with van der Waals surface area (Å²) in [6, 6.07) is 7.09. The van der Waals surface area contributed by atoms with Gasteiger partial charge in [-0.05, 0) is 52.0 Å². The lowest BCUT2D eigenvalue weighted by molar-refractivity contribution is 0.0519. The van der Waals surface area contributed by atoms with Crippen LogP contribution in [0.5, 0.6) is 11.6 Å². The number of alkyl carbamates (subject to hydrolysis) is 1. The van der Waals surface area contributed by atoms with Crippen LogP contribution in [0, 0.1) is 5.82 Å². The largest absolute Gasteiger partial charge is 0.491 e. The zero-order valence-corrected chi connectivity index (χ0v) is 18.7. The maximum absolute atomic E-state index is 13.9. The average molecular weight is 460 g/mol. The van der Waals surface area contributed by atoms with Crippen molar-refractivity contribution in [2.24, 2.45) is 0 Å². The maximum Gasteiger partial charge on any atom is 0.407 e. The van der Waals surface area contributed by atoms with E-state index >= 15 is 0 Å². The second kappa shape index (κ2) is 9.72. The molecule has 1 atom stereocenters. The number of aromatic carboxylic acids is 1. The Morgan fingerprint density at radius 3 is 2.70 bits per heavy atom. The lowest BCUT2D eigenvalue weighted by Crippen LogP contribution is -2.34. The van der Waals surface area contributed by atoms with Crippen LogP contribution in [0.2, 0.25) is 0 Å². The van der Waals surface area contributed by atoms with E-state index in [4.69, 9.17) is 14.2 Å². The number of benzene rings is 1. The van der Waals surface area contributed by atoms with E-state index in [0.717, 1.165) is 4.52 Å². The smallest absolute Gasteiger partial charge is 0.407 e. The second-order valence-corrected chi connectivity index (χ2v) is 8.11. The molecule has 2 heterocycles. The quantitative estimate of drug-likeness (QED) is 0.489. The third-order valence-corrected chi connectivity index (χ3v) is 4.29. The number of nitrogens with one attached hydrogen (secondary N) is 1. The third-order valence-electron chi connectivity index (χ3n) is 4.29. The van der Waals surface area contributed by atoms with Crippen molar-refractivity contribution in [3.63, 3.8) is 0 Å². The first kappa shape index (κ1) is 23.8. The molecule has 2 N–H and O–H groups in total. The van der Waals surface area contributed by atoms with Gasteiger partial charge in [0.15, 0.2) is 11.3 Å². The number of fused-ring (bicyclic) bond motifs is 1. The molecular formula is C22H25FN4O6. The fraction of sp³-hybridized carbons (Fsp3) is 0.364. The minimum atomic E-state index is -1.18. The predicted octanol–water partition coefficient (Wildman–Crippen LogP) is 3.61. The molecule has 3 aromatic rings. The normalized spacial score (nSPS) is 12.3. The molecule has 0 aliphatic carbocycles. The highest BCUT2D eigenvalue weighted by molar-refractivity contribution is 5.86. The summed E-state index contributed by atoms with van der Waals surface area (Å²) in [6.45, 7) is 7.26. The van der Waals surface area contributed by atoms with Crippen LogP contribution in [0.25, 0.3) is 5.65 Å². The molecule has 1 aromatic carbocycles. The van der Waals surface area contributed by atoms with Gasteiger partial charge >= 0.3 is 12.1 Å². The van der Waals surface area contributed by atoms with Gasteiger partial charge < -0.3 is 24.6 Å². The Labute approximate surface area is 189 Å². The molecule has 0 aliphatic heterocycles. The number of imidazole rings is 1. The van der Waals surface area contributed by atoms with Crippen molar-refractivity contribution in [1.29, 1.82) is 0 Å². The molecule has 1 unspecified atom stereocenters. The molecule has 0 fully saturated rings.